The zero-order valence-electron chi connectivity index (χ0n) is 11.1. The molecule has 2 fully saturated rings. The molecule has 0 aliphatic heterocycles. The van der Waals surface area contributed by atoms with Crippen LogP contribution in [-0.2, 0) is 7.05 Å². The lowest BCUT2D eigenvalue weighted by atomic mass is 10.2. The zero-order chi connectivity index (χ0) is 12.5. The fourth-order valence-electron chi connectivity index (χ4n) is 2.50. The fourth-order valence-corrected chi connectivity index (χ4v) is 2.50. The summed E-state index contributed by atoms with van der Waals surface area (Å²) in [5.41, 5.74) is 0.856. The summed E-state index contributed by atoms with van der Waals surface area (Å²) in [6.45, 7) is 2.88. The van der Waals surface area contributed by atoms with Crippen LogP contribution in [0.15, 0.2) is 18.5 Å². The number of aryl methyl sites for hydroxylation is 1. The van der Waals surface area contributed by atoms with Crippen molar-refractivity contribution in [3.8, 4) is 0 Å². The van der Waals surface area contributed by atoms with Crippen LogP contribution in [0.1, 0.15) is 36.0 Å². The fraction of sp³-hybridized carbons (Fsp3) is 0.667. The first-order valence-corrected chi connectivity index (χ1v) is 7.08. The third-order valence-electron chi connectivity index (χ3n) is 3.95. The lowest BCUT2D eigenvalue weighted by Gasteiger charge is -2.20. The highest BCUT2D eigenvalue weighted by Crippen LogP contribution is 2.33. The molecule has 1 aromatic heterocycles. The molecular weight excluding hydrogens is 224 g/mol. The van der Waals surface area contributed by atoms with Gasteiger partial charge in [0, 0.05) is 38.1 Å². The number of Topliss-reactive ketones (excluding diaryl/α,β-unsaturated/α-hetero) is 1. The minimum absolute atomic E-state index is 0.275. The van der Waals surface area contributed by atoms with Gasteiger partial charge in [0.05, 0.1) is 6.54 Å². The standard InChI is InChI=1S/C15H22N2O/c1-16-7-6-14(10-16)15(18)11-17(8-12-2-3-12)9-13-4-5-13/h6-7,10,12-13H,2-5,8-9,11H2,1H3. The van der Waals surface area contributed by atoms with E-state index in [0.29, 0.717) is 6.54 Å². The van der Waals surface area contributed by atoms with Crippen molar-refractivity contribution in [3.63, 3.8) is 0 Å². The number of carbonyl (C=O) groups is 1. The van der Waals surface area contributed by atoms with E-state index >= 15 is 0 Å². The molecule has 3 heteroatoms. The van der Waals surface area contributed by atoms with E-state index in [2.05, 4.69) is 4.90 Å². The van der Waals surface area contributed by atoms with Crippen LogP contribution < -0.4 is 0 Å². The van der Waals surface area contributed by atoms with Crippen molar-refractivity contribution in [3.05, 3.63) is 24.0 Å². The van der Waals surface area contributed by atoms with Crippen LogP contribution in [-0.4, -0.2) is 34.9 Å². The predicted octanol–water partition coefficient (Wildman–Crippen LogP) is 2.33. The highest BCUT2D eigenvalue weighted by Gasteiger charge is 2.30. The molecule has 2 aliphatic carbocycles. The average molecular weight is 246 g/mol. The molecule has 0 amide bonds. The van der Waals surface area contributed by atoms with Crippen molar-refractivity contribution in [2.45, 2.75) is 25.7 Å². The van der Waals surface area contributed by atoms with Crippen LogP contribution in [0, 0.1) is 11.8 Å². The molecule has 0 bridgehead atoms. The highest BCUT2D eigenvalue weighted by atomic mass is 16.1. The van der Waals surface area contributed by atoms with Gasteiger partial charge in [-0.05, 0) is 43.6 Å². The topological polar surface area (TPSA) is 25.2 Å². The molecule has 0 radical (unpaired) electrons. The molecule has 1 heterocycles. The number of carbonyl (C=O) groups excluding carboxylic acids is 1. The number of rotatable bonds is 7. The quantitative estimate of drug-likeness (QED) is 0.690. The molecule has 18 heavy (non-hydrogen) atoms. The molecule has 0 aromatic carbocycles. The Kier molecular flexibility index (Phi) is 3.25. The van der Waals surface area contributed by atoms with Crippen molar-refractivity contribution in [2.24, 2.45) is 18.9 Å². The average Bonchev–Trinajstić information content (AvgIpc) is 3.23. The maximum absolute atomic E-state index is 12.2. The third-order valence-corrected chi connectivity index (χ3v) is 3.95. The van der Waals surface area contributed by atoms with E-state index in [9.17, 15) is 4.79 Å². The second-order valence-corrected chi connectivity index (χ2v) is 6.07. The first kappa shape index (κ1) is 12.0. The van der Waals surface area contributed by atoms with E-state index < -0.39 is 0 Å². The number of ketones is 1. The molecule has 0 atom stereocenters. The Bertz CT molecular complexity index is 415. The molecule has 0 spiro atoms. The van der Waals surface area contributed by atoms with Crippen molar-refractivity contribution in [1.82, 2.24) is 9.47 Å². The van der Waals surface area contributed by atoms with E-state index in [-0.39, 0.29) is 5.78 Å². The number of hydrogen-bond donors (Lipinski definition) is 0. The Balaban J connectivity index is 1.57. The second kappa shape index (κ2) is 4.88. The molecule has 1 aromatic rings. The molecule has 2 aliphatic rings. The van der Waals surface area contributed by atoms with Gasteiger partial charge in [-0.15, -0.1) is 0 Å². The van der Waals surface area contributed by atoms with Crippen LogP contribution in [0.25, 0.3) is 0 Å². The minimum Gasteiger partial charge on any atom is -0.357 e. The maximum atomic E-state index is 12.2. The Labute approximate surface area is 109 Å². The first-order valence-electron chi connectivity index (χ1n) is 7.08. The Hall–Kier alpha value is -1.09. The predicted molar refractivity (Wildman–Crippen MR) is 71.6 cm³/mol. The van der Waals surface area contributed by atoms with Crippen LogP contribution in [0.2, 0.25) is 0 Å². The first-order chi connectivity index (χ1) is 8.70. The molecule has 2 saturated carbocycles. The Morgan fingerprint density at radius 3 is 2.33 bits per heavy atom. The van der Waals surface area contributed by atoms with Crippen molar-refractivity contribution >= 4 is 5.78 Å². The van der Waals surface area contributed by atoms with Gasteiger partial charge in [-0.3, -0.25) is 9.69 Å². The minimum atomic E-state index is 0.275. The summed E-state index contributed by atoms with van der Waals surface area (Å²) in [5.74, 6) is 2.01. The van der Waals surface area contributed by atoms with E-state index in [1.807, 2.05) is 30.1 Å². The van der Waals surface area contributed by atoms with Crippen molar-refractivity contribution < 1.29 is 4.79 Å². The summed E-state index contributed by atoms with van der Waals surface area (Å²) in [6.07, 6.45) is 9.32. The maximum Gasteiger partial charge on any atom is 0.178 e. The number of hydrogen-bond acceptors (Lipinski definition) is 2. The van der Waals surface area contributed by atoms with Gasteiger partial charge in [0.1, 0.15) is 0 Å². The van der Waals surface area contributed by atoms with Crippen LogP contribution in [0.4, 0.5) is 0 Å². The van der Waals surface area contributed by atoms with Crippen LogP contribution in [0.3, 0.4) is 0 Å². The molecule has 98 valence electrons. The van der Waals surface area contributed by atoms with Gasteiger partial charge in [-0.25, -0.2) is 0 Å². The third kappa shape index (κ3) is 3.22. The van der Waals surface area contributed by atoms with E-state index in [0.717, 1.165) is 30.5 Å². The van der Waals surface area contributed by atoms with Gasteiger partial charge >= 0.3 is 0 Å². The number of aromatic nitrogens is 1. The van der Waals surface area contributed by atoms with Gasteiger partial charge in [-0.2, -0.15) is 0 Å². The number of nitrogens with zero attached hydrogens (tertiary/aromatic N) is 2. The van der Waals surface area contributed by atoms with Crippen LogP contribution >= 0.6 is 0 Å². The van der Waals surface area contributed by atoms with Gasteiger partial charge in [0.15, 0.2) is 5.78 Å². The second-order valence-electron chi connectivity index (χ2n) is 6.07. The highest BCUT2D eigenvalue weighted by molar-refractivity contribution is 5.97. The van der Waals surface area contributed by atoms with Gasteiger partial charge in [0.25, 0.3) is 0 Å². The van der Waals surface area contributed by atoms with Gasteiger partial charge < -0.3 is 4.57 Å². The molecule has 3 nitrogen and oxygen atoms in total. The summed E-state index contributed by atoms with van der Waals surface area (Å²) >= 11 is 0. The zero-order valence-corrected chi connectivity index (χ0v) is 11.1. The lowest BCUT2D eigenvalue weighted by molar-refractivity contribution is 0.0924. The molecule has 0 unspecified atom stereocenters. The molecule has 3 rings (SSSR count). The lowest BCUT2D eigenvalue weighted by Crippen LogP contribution is -2.33. The molecular formula is C15H22N2O. The smallest absolute Gasteiger partial charge is 0.178 e. The Morgan fingerprint density at radius 1 is 1.28 bits per heavy atom. The largest absolute Gasteiger partial charge is 0.357 e. The van der Waals surface area contributed by atoms with E-state index in [4.69, 9.17) is 0 Å². The van der Waals surface area contributed by atoms with E-state index in [1.54, 1.807) is 0 Å². The van der Waals surface area contributed by atoms with Crippen molar-refractivity contribution in [2.75, 3.05) is 19.6 Å². The SMILES string of the molecule is Cn1ccc(C(=O)CN(CC2CC2)CC2CC2)c1. The molecule has 0 saturated heterocycles. The van der Waals surface area contributed by atoms with E-state index in [1.165, 1.54) is 25.7 Å². The van der Waals surface area contributed by atoms with Gasteiger partial charge in [-0.1, -0.05) is 0 Å². The van der Waals surface area contributed by atoms with Gasteiger partial charge in [0.2, 0.25) is 0 Å². The summed E-state index contributed by atoms with van der Waals surface area (Å²) < 4.78 is 1.94. The summed E-state index contributed by atoms with van der Waals surface area (Å²) in [5, 5.41) is 0. The summed E-state index contributed by atoms with van der Waals surface area (Å²) in [7, 11) is 1.96. The van der Waals surface area contributed by atoms with Crippen LogP contribution in [0.5, 0.6) is 0 Å². The summed E-state index contributed by atoms with van der Waals surface area (Å²) in [4.78, 5) is 14.6. The Morgan fingerprint density at radius 2 is 1.89 bits per heavy atom. The molecule has 0 N–H and O–H groups in total. The summed E-state index contributed by atoms with van der Waals surface area (Å²) in [6, 6.07) is 1.93. The normalized spacial score (nSPS) is 19.4. The monoisotopic (exact) mass is 246 g/mol. The van der Waals surface area contributed by atoms with Crippen molar-refractivity contribution in [1.29, 1.82) is 0 Å².